The van der Waals surface area contributed by atoms with Gasteiger partial charge in [-0.3, -0.25) is 0 Å². The molecule has 0 N–H and O–H groups in total. The van der Waals surface area contributed by atoms with Crippen molar-refractivity contribution in [1.29, 1.82) is 0 Å². The van der Waals surface area contributed by atoms with Crippen LogP contribution in [-0.4, -0.2) is 28.2 Å². The molecule has 0 aliphatic carbocycles. The van der Waals surface area contributed by atoms with E-state index in [1.807, 2.05) is 0 Å². The van der Waals surface area contributed by atoms with Crippen molar-refractivity contribution in [2.45, 2.75) is 44.0 Å². The van der Waals surface area contributed by atoms with Crippen LogP contribution < -0.4 is 0 Å². The van der Waals surface area contributed by atoms with Gasteiger partial charge >= 0.3 is 75.2 Å². The van der Waals surface area contributed by atoms with Crippen LogP contribution in [0.25, 0.3) is 0 Å². The van der Waals surface area contributed by atoms with Crippen LogP contribution >= 0.6 is 0 Å². The van der Waals surface area contributed by atoms with Crippen LogP contribution in [0.3, 0.4) is 0 Å². The monoisotopic (exact) mass is 250 g/mol. The van der Waals surface area contributed by atoms with E-state index in [1.54, 1.807) is 0 Å². The minimum atomic E-state index is -0.429. The van der Waals surface area contributed by atoms with Crippen molar-refractivity contribution in [2.75, 3.05) is 6.61 Å². The van der Waals surface area contributed by atoms with Crippen molar-refractivity contribution in [2.24, 2.45) is 0 Å². The van der Waals surface area contributed by atoms with E-state index < -0.39 is 21.6 Å². The summed E-state index contributed by atoms with van der Waals surface area (Å²) in [5.41, 5.74) is 0. The molecule has 0 aromatic carbocycles. The molecule has 0 unspecified atom stereocenters. The quantitative estimate of drug-likeness (QED) is 0.519. The van der Waals surface area contributed by atoms with Crippen molar-refractivity contribution in [3.8, 4) is 0 Å². The predicted octanol–water partition coefficient (Wildman–Crippen LogP) is 2.64. The van der Waals surface area contributed by atoms with Gasteiger partial charge in [0.05, 0.1) is 0 Å². The Kier molecular flexibility index (Phi) is 8.46. The fourth-order valence-electron chi connectivity index (χ4n) is 0.650. The Labute approximate surface area is 75.3 Å². The molecule has 0 aromatic rings. The van der Waals surface area contributed by atoms with E-state index in [2.05, 4.69) is 20.8 Å². The van der Waals surface area contributed by atoms with Gasteiger partial charge in [-0.25, -0.2) is 0 Å². The Morgan fingerprint density at radius 3 is 2.50 bits per heavy atom. The summed E-state index contributed by atoms with van der Waals surface area (Å²) in [6.45, 7) is 7.76. The zero-order valence-electron chi connectivity index (χ0n) is 7.31. The predicted molar refractivity (Wildman–Crippen MR) is 46.3 cm³/mol. The maximum atomic E-state index is 5.57. The van der Waals surface area contributed by atoms with E-state index in [0.29, 0.717) is 0 Å². The first-order chi connectivity index (χ1) is 4.77. The fourth-order valence-corrected chi connectivity index (χ4v) is 2.35. The SMILES string of the molecule is CCCCC[O][Sn][CH](C)C. The Hall–Kier alpha value is 0.759. The van der Waals surface area contributed by atoms with Gasteiger partial charge in [0.25, 0.3) is 0 Å². The van der Waals surface area contributed by atoms with Gasteiger partial charge in [0, 0.05) is 0 Å². The molecular weight excluding hydrogens is 231 g/mol. The normalized spacial score (nSPS) is 10.8. The first-order valence-electron chi connectivity index (χ1n) is 4.14. The summed E-state index contributed by atoms with van der Waals surface area (Å²) in [7, 11) is 0. The molecule has 0 saturated carbocycles. The molecule has 2 heteroatoms. The van der Waals surface area contributed by atoms with Gasteiger partial charge in [-0.1, -0.05) is 0 Å². The van der Waals surface area contributed by atoms with Crippen molar-refractivity contribution >= 4 is 21.6 Å². The van der Waals surface area contributed by atoms with Crippen molar-refractivity contribution in [1.82, 2.24) is 0 Å². The van der Waals surface area contributed by atoms with Gasteiger partial charge in [0.2, 0.25) is 0 Å². The summed E-state index contributed by atoms with van der Waals surface area (Å²) in [5, 5.41) is 0. The Bertz CT molecular complexity index is 64.3. The molecule has 10 heavy (non-hydrogen) atoms. The van der Waals surface area contributed by atoms with Gasteiger partial charge < -0.3 is 0 Å². The molecule has 1 nitrogen and oxygen atoms in total. The fraction of sp³-hybridized carbons (Fsp3) is 1.00. The van der Waals surface area contributed by atoms with Crippen LogP contribution in [0.15, 0.2) is 0 Å². The van der Waals surface area contributed by atoms with E-state index in [0.717, 1.165) is 10.5 Å². The number of unbranched alkanes of at least 4 members (excludes halogenated alkanes) is 2. The third-order valence-corrected chi connectivity index (χ3v) is 3.57. The Morgan fingerprint density at radius 2 is 2.00 bits per heavy atom. The summed E-state index contributed by atoms with van der Waals surface area (Å²) in [6.07, 6.45) is 3.90. The molecule has 0 amide bonds. The van der Waals surface area contributed by atoms with Crippen LogP contribution in [0.1, 0.15) is 40.0 Å². The van der Waals surface area contributed by atoms with Crippen LogP contribution in [0.4, 0.5) is 0 Å². The van der Waals surface area contributed by atoms with Gasteiger partial charge in [-0.05, 0) is 0 Å². The summed E-state index contributed by atoms with van der Waals surface area (Å²) < 4.78 is 6.42. The number of rotatable bonds is 6. The second-order valence-electron chi connectivity index (χ2n) is 2.83. The summed E-state index contributed by atoms with van der Waals surface area (Å²) in [5.74, 6) is 0. The van der Waals surface area contributed by atoms with E-state index in [4.69, 9.17) is 3.07 Å². The van der Waals surface area contributed by atoms with Crippen LogP contribution in [0.2, 0.25) is 3.93 Å². The molecule has 0 heterocycles. The Balaban J connectivity index is 2.77. The number of hydrogen-bond acceptors (Lipinski definition) is 1. The van der Waals surface area contributed by atoms with E-state index in [9.17, 15) is 0 Å². The Morgan fingerprint density at radius 1 is 1.30 bits per heavy atom. The van der Waals surface area contributed by atoms with Crippen LogP contribution in [0.5, 0.6) is 0 Å². The van der Waals surface area contributed by atoms with Crippen molar-refractivity contribution in [3.63, 3.8) is 0 Å². The topological polar surface area (TPSA) is 9.23 Å². The number of hydrogen-bond donors (Lipinski definition) is 0. The molecule has 0 atom stereocenters. The molecule has 60 valence electrons. The molecular formula is C8H18OSn. The second kappa shape index (κ2) is 7.86. The zero-order chi connectivity index (χ0) is 7.82. The molecule has 0 aromatic heterocycles. The van der Waals surface area contributed by atoms with Crippen molar-refractivity contribution in [3.05, 3.63) is 0 Å². The second-order valence-corrected chi connectivity index (χ2v) is 7.62. The molecule has 0 bridgehead atoms. The minimum absolute atomic E-state index is 0.429. The summed E-state index contributed by atoms with van der Waals surface area (Å²) >= 11 is -0.429. The molecule has 0 spiro atoms. The third kappa shape index (κ3) is 8.76. The van der Waals surface area contributed by atoms with E-state index >= 15 is 0 Å². The molecule has 2 radical (unpaired) electrons. The van der Waals surface area contributed by atoms with E-state index in [1.165, 1.54) is 19.3 Å². The molecule has 0 fully saturated rings. The van der Waals surface area contributed by atoms with Crippen molar-refractivity contribution < 1.29 is 3.07 Å². The molecule has 0 rings (SSSR count). The zero-order valence-corrected chi connectivity index (χ0v) is 10.2. The maximum absolute atomic E-state index is 5.57. The van der Waals surface area contributed by atoms with Gasteiger partial charge in [0.15, 0.2) is 0 Å². The van der Waals surface area contributed by atoms with Gasteiger partial charge in [-0.15, -0.1) is 0 Å². The molecule has 0 aliphatic rings. The van der Waals surface area contributed by atoms with Crippen LogP contribution in [-0.2, 0) is 3.07 Å². The van der Waals surface area contributed by atoms with E-state index in [-0.39, 0.29) is 0 Å². The molecule has 0 aliphatic heterocycles. The summed E-state index contributed by atoms with van der Waals surface area (Å²) in [4.78, 5) is 0. The van der Waals surface area contributed by atoms with Gasteiger partial charge in [-0.2, -0.15) is 0 Å². The summed E-state index contributed by atoms with van der Waals surface area (Å²) in [6, 6.07) is 0. The van der Waals surface area contributed by atoms with Gasteiger partial charge in [0.1, 0.15) is 0 Å². The average Bonchev–Trinajstić information content (AvgIpc) is 1.87. The first kappa shape index (κ1) is 10.8. The standard InChI is InChI=1S/C5H11O.C3H7.Sn/c1-2-3-4-5-6;1-3-2;/h2-5H2,1H3;3H,1-2H3;/q-1;;+1. The van der Waals surface area contributed by atoms with Crippen LogP contribution in [0, 0.1) is 0 Å². The third-order valence-electron chi connectivity index (χ3n) is 1.17. The molecule has 0 saturated heterocycles. The average molecular weight is 249 g/mol. The first-order valence-corrected chi connectivity index (χ1v) is 6.96.